The molecule has 0 fully saturated rings. The highest BCUT2D eigenvalue weighted by Gasteiger charge is 2.25. The predicted molar refractivity (Wildman–Crippen MR) is 150 cm³/mol. The highest BCUT2D eigenvalue weighted by Crippen LogP contribution is 2.17. The highest BCUT2D eigenvalue weighted by atomic mass is 16.3. The van der Waals surface area contributed by atoms with Gasteiger partial charge in [0.15, 0.2) is 0 Å². The molecule has 0 saturated heterocycles. The van der Waals surface area contributed by atoms with Crippen molar-refractivity contribution >= 4 is 0 Å². The zero-order chi connectivity index (χ0) is 25.4. The summed E-state index contributed by atoms with van der Waals surface area (Å²) in [6, 6.07) is 0. The molecule has 34 heavy (non-hydrogen) atoms. The Morgan fingerprint density at radius 3 is 0.765 bits per heavy atom. The maximum atomic E-state index is 9.53. The Morgan fingerprint density at radius 2 is 0.559 bits per heavy atom. The van der Waals surface area contributed by atoms with Crippen molar-refractivity contribution in [2.24, 2.45) is 0 Å². The second-order valence-electron chi connectivity index (χ2n) is 11.2. The number of aliphatic hydroxyl groups is 2. The number of rotatable bonds is 27. The minimum absolute atomic E-state index is 0.335. The van der Waals surface area contributed by atoms with Gasteiger partial charge in [-0.15, -0.1) is 0 Å². The molecule has 0 aliphatic rings. The van der Waals surface area contributed by atoms with Gasteiger partial charge >= 0.3 is 0 Å². The third-order valence-electron chi connectivity index (χ3n) is 7.96. The monoisotopic (exact) mass is 487 g/mol. The summed E-state index contributed by atoms with van der Waals surface area (Å²) >= 11 is 0. The Labute approximate surface area is 215 Å². The van der Waals surface area contributed by atoms with Gasteiger partial charge in [-0.2, -0.15) is 0 Å². The van der Waals surface area contributed by atoms with E-state index in [9.17, 15) is 10.2 Å². The molecule has 0 rings (SSSR count). The summed E-state index contributed by atoms with van der Waals surface area (Å²) in [5.41, 5.74) is 0. The fourth-order valence-corrected chi connectivity index (χ4v) is 6.33. The zero-order valence-corrected chi connectivity index (χ0v) is 24.2. The van der Waals surface area contributed by atoms with Gasteiger partial charge < -0.3 is 19.2 Å². The van der Waals surface area contributed by atoms with Crippen LogP contribution in [-0.4, -0.2) is 84.8 Å². The number of unbranched alkanes of at least 4 members (excludes halogenated alkanes) is 11. The summed E-state index contributed by atoms with van der Waals surface area (Å²) in [6.45, 7) is 19.1. The molecule has 0 aromatic rings. The van der Waals surface area contributed by atoms with Crippen LogP contribution in [0.5, 0.6) is 0 Å². The average Bonchev–Trinajstić information content (AvgIpc) is 2.80. The molecule has 0 aromatic carbocycles. The summed E-state index contributed by atoms with van der Waals surface area (Å²) in [5.74, 6) is 0. The normalized spacial score (nSPS) is 12.5. The van der Waals surface area contributed by atoms with Gasteiger partial charge in [0.25, 0.3) is 0 Å². The van der Waals surface area contributed by atoms with Crippen LogP contribution in [-0.2, 0) is 0 Å². The van der Waals surface area contributed by atoms with Crippen molar-refractivity contribution in [2.45, 2.75) is 130 Å². The first-order valence-electron chi connectivity index (χ1n) is 15.5. The average molecular weight is 487 g/mol. The van der Waals surface area contributed by atoms with E-state index in [-0.39, 0.29) is 0 Å². The molecule has 2 N–H and O–H groups in total. The Balaban J connectivity index is 3.75. The molecule has 206 valence electrons. The van der Waals surface area contributed by atoms with Crippen molar-refractivity contribution in [3.8, 4) is 0 Å². The van der Waals surface area contributed by atoms with E-state index in [1.54, 1.807) is 0 Å². The van der Waals surface area contributed by atoms with E-state index in [0.717, 1.165) is 22.1 Å². The molecule has 0 bridgehead atoms. The largest absolute Gasteiger partial charge is 0.391 e. The Hall–Kier alpha value is -0.160. The van der Waals surface area contributed by atoms with Gasteiger partial charge in [0.05, 0.1) is 52.5 Å². The first-order valence-corrected chi connectivity index (χ1v) is 15.5. The van der Waals surface area contributed by atoms with Crippen molar-refractivity contribution in [3.05, 3.63) is 0 Å². The van der Waals surface area contributed by atoms with Gasteiger partial charge in [-0.1, -0.05) is 79.1 Å². The fraction of sp³-hybridized carbons (Fsp3) is 1.00. The van der Waals surface area contributed by atoms with E-state index in [4.69, 9.17) is 0 Å². The standard InChI is InChI=1S/C30H66N2O2/c1-5-21-31(22-6-2,27-29-33)25-19-17-15-13-11-9-10-12-14-16-18-20-26-32(23-7-3,24-8-4)28-30-34/h33-34H,5-30H2,1-4H3/q+2. The summed E-state index contributed by atoms with van der Waals surface area (Å²) < 4.78 is 2.28. The first-order chi connectivity index (χ1) is 16.6. The fourth-order valence-electron chi connectivity index (χ4n) is 6.33. The molecule has 0 amide bonds. The molecule has 0 saturated carbocycles. The number of nitrogens with zero attached hydrogens (tertiary/aromatic N) is 2. The van der Waals surface area contributed by atoms with Gasteiger partial charge in [-0.05, 0) is 51.4 Å². The predicted octanol–water partition coefficient (Wildman–Crippen LogP) is 6.93. The summed E-state index contributed by atoms with van der Waals surface area (Å²) in [6.07, 6.45) is 21.5. The quantitative estimate of drug-likeness (QED) is 0.0976. The van der Waals surface area contributed by atoms with Gasteiger partial charge in [0.2, 0.25) is 0 Å². The van der Waals surface area contributed by atoms with Crippen LogP contribution in [0.15, 0.2) is 0 Å². The summed E-state index contributed by atoms with van der Waals surface area (Å²) in [7, 11) is 0. The number of hydrogen-bond donors (Lipinski definition) is 2. The summed E-state index contributed by atoms with van der Waals surface area (Å²) in [4.78, 5) is 0. The second kappa shape index (κ2) is 23.3. The van der Waals surface area contributed by atoms with Crippen LogP contribution in [0.2, 0.25) is 0 Å². The molecule has 0 heterocycles. The van der Waals surface area contributed by atoms with Crippen LogP contribution in [0.1, 0.15) is 130 Å². The molecular weight excluding hydrogens is 420 g/mol. The Kier molecular flexibility index (Phi) is 23.1. The molecule has 0 radical (unpaired) electrons. The molecule has 0 aliphatic carbocycles. The van der Waals surface area contributed by atoms with E-state index < -0.39 is 0 Å². The van der Waals surface area contributed by atoms with Gasteiger partial charge in [-0.3, -0.25) is 0 Å². The zero-order valence-electron chi connectivity index (χ0n) is 24.2. The lowest BCUT2D eigenvalue weighted by Crippen LogP contribution is -2.51. The molecule has 4 nitrogen and oxygen atoms in total. The van der Waals surface area contributed by atoms with Crippen LogP contribution in [0.4, 0.5) is 0 Å². The molecular formula is C30H66N2O2+2. The van der Waals surface area contributed by atoms with Crippen LogP contribution in [0.3, 0.4) is 0 Å². The topological polar surface area (TPSA) is 40.5 Å². The maximum Gasteiger partial charge on any atom is 0.102 e. The van der Waals surface area contributed by atoms with E-state index in [0.29, 0.717) is 13.2 Å². The van der Waals surface area contributed by atoms with Crippen LogP contribution >= 0.6 is 0 Å². The van der Waals surface area contributed by atoms with Gasteiger partial charge in [0, 0.05) is 0 Å². The number of aliphatic hydroxyl groups excluding tert-OH is 2. The lowest BCUT2D eigenvalue weighted by atomic mass is 10.0. The molecule has 0 aromatic heterocycles. The van der Waals surface area contributed by atoms with Gasteiger partial charge in [-0.25, -0.2) is 0 Å². The Morgan fingerprint density at radius 1 is 0.324 bits per heavy atom. The molecule has 0 unspecified atom stereocenters. The third kappa shape index (κ3) is 16.5. The van der Waals surface area contributed by atoms with Crippen LogP contribution in [0.25, 0.3) is 0 Å². The minimum atomic E-state index is 0.335. The lowest BCUT2D eigenvalue weighted by molar-refractivity contribution is -0.928. The second-order valence-corrected chi connectivity index (χ2v) is 11.2. The van der Waals surface area contributed by atoms with Crippen molar-refractivity contribution < 1.29 is 19.2 Å². The van der Waals surface area contributed by atoms with E-state index in [2.05, 4.69) is 27.7 Å². The van der Waals surface area contributed by atoms with Gasteiger partial charge in [0.1, 0.15) is 13.1 Å². The van der Waals surface area contributed by atoms with E-state index >= 15 is 0 Å². The van der Waals surface area contributed by atoms with Crippen molar-refractivity contribution in [1.82, 2.24) is 0 Å². The smallest absolute Gasteiger partial charge is 0.102 e. The number of quaternary nitrogens is 2. The first kappa shape index (κ1) is 33.8. The van der Waals surface area contributed by atoms with Crippen LogP contribution < -0.4 is 0 Å². The van der Waals surface area contributed by atoms with Crippen molar-refractivity contribution in [2.75, 3.05) is 65.6 Å². The highest BCUT2D eigenvalue weighted by molar-refractivity contribution is 4.52. The lowest BCUT2D eigenvalue weighted by Gasteiger charge is -2.38. The van der Waals surface area contributed by atoms with Crippen LogP contribution in [0, 0.1) is 0 Å². The third-order valence-corrected chi connectivity index (χ3v) is 7.96. The maximum absolute atomic E-state index is 9.53. The molecule has 4 heteroatoms. The molecule has 0 spiro atoms. The molecule has 0 atom stereocenters. The Bertz CT molecular complexity index is 345. The van der Waals surface area contributed by atoms with Crippen molar-refractivity contribution in [1.29, 1.82) is 0 Å². The molecule has 0 aliphatic heterocycles. The minimum Gasteiger partial charge on any atom is -0.391 e. The number of hydrogen-bond acceptors (Lipinski definition) is 2. The SMILES string of the molecule is CCC[N+](CCC)(CCO)CCCCCCCCCCCCCC[N+](CCC)(CCC)CCO. The van der Waals surface area contributed by atoms with Crippen molar-refractivity contribution in [3.63, 3.8) is 0 Å². The van der Waals surface area contributed by atoms with E-state index in [1.165, 1.54) is 142 Å². The van der Waals surface area contributed by atoms with E-state index in [1.807, 2.05) is 0 Å². The summed E-state index contributed by atoms with van der Waals surface area (Å²) in [5, 5.41) is 19.1.